The molecule has 0 radical (unpaired) electrons. The minimum Gasteiger partial charge on any atom is -0.463 e. The van der Waals surface area contributed by atoms with Gasteiger partial charge in [-0.2, -0.15) is 4.31 Å². The largest absolute Gasteiger partial charge is 0.463 e. The molecule has 3 rings (SSSR count). The number of hydrogen-bond acceptors (Lipinski definition) is 4. The molecule has 0 spiro atoms. The van der Waals surface area contributed by atoms with Crippen molar-refractivity contribution in [2.45, 2.75) is 51.6 Å². The van der Waals surface area contributed by atoms with E-state index in [1.807, 2.05) is 58.0 Å². The molecule has 0 amide bonds. The number of rotatable bonds is 5. The van der Waals surface area contributed by atoms with Crippen LogP contribution in [0.25, 0.3) is 0 Å². The molecule has 0 aromatic heterocycles. The second-order valence-corrected chi connectivity index (χ2v) is 10.5. The van der Waals surface area contributed by atoms with Crippen molar-refractivity contribution in [1.82, 2.24) is 4.31 Å². The van der Waals surface area contributed by atoms with Gasteiger partial charge in [-0.05, 0) is 37.0 Å². The number of hydrogen-bond donors (Lipinski definition) is 0. The first-order chi connectivity index (χ1) is 14.1. The van der Waals surface area contributed by atoms with Gasteiger partial charge >= 0.3 is 5.97 Å². The van der Waals surface area contributed by atoms with Crippen LogP contribution in [0.2, 0.25) is 0 Å². The SMILES string of the molecule is CCOC(=O)C1=C[C@H](C(C)(C)C)N(S(=O)(=O)c2ccc(C)cc2)[C@@H]1c1ccccc1. The van der Waals surface area contributed by atoms with Gasteiger partial charge in [-0.3, -0.25) is 0 Å². The Morgan fingerprint density at radius 3 is 2.17 bits per heavy atom. The summed E-state index contributed by atoms with van der Waals surface area (Å²) in [6, 6.07) is 14.8. The Balaban J connectivity index is 2.22. The van der Waals surface area contributed by atoms with Crippen LogP contribution in [0.15, 0.2) is 71.1 Å². The molecule has 1 aliphatic heterocycles. The van der Waals surface area contributed by atoms with Crippen molar-refractivity contribution < 1.29 is 17.9 Å². The lowest BCUT2D eigenvalue weighted by Crippen LogP contribution is -2.45. The Kier molecular flexibility index (Phi) is 6.20. The summed E-state index contributed by atoms with van der Waals surface area (Å²) < 4.78 is 34.5. The molecule has 1 aliphatic rings. The van der Waals surface area contributed by atoms with Crippen molar-refractivity contribution in [2.75, 3.05) is 6.61 Å². The monoisotopic (exact) mass is 427 g/mol. The maximum absolute atomic E-state index is 13.9. The van der Waals surface area contributed by atoms with E-state index in [0.717, 1.165) is 11.1 Å². The average Bonchev–Trinajstić information content (AvgIpc) is 3.11. The molecule has 0 fully saturated rings. The van der Waals surface area contributed by atoms with E-state index < -0.39 is 33.5 Å². The van der Waals surface area contributed by atoms with Crippen molar-refractivity contribution in [3.05, 3.63) is 77.4 Å². The van der Waals surface area contributed by atoms with Crippen molar-refractivity contribution in [3.8, 4) is 0 Å². The molecule has 2 aromatic rings. The van der Waals surface area contributed by atoms with Crippen LogP contribution in [0, 0.1) is 12.3 Å². The summed E-state index contributed by atoms with van der Waals surface area (Å²) in [7, 11) is -3.89. The molecule has 2 aromatic carbocycles. The van der Waals surface area contributed by atoms with Gasteiger partial charge in [-0.1, -0.05) is 74.9 Å². The summed E-state index contributed by atoms with van der Waals surface area (Å²) in [6.07, 6.45) is 1.77. The van der Waals surface area contributed by atoms with Gasteiger partial charge in [0.05, 0.1) is 23.1 Å². The highest BCUT2D eigenvalue weighted by Gasteiger charge is 2.49. The fourth-order valence-corrected chi connectivity index (χ4v) is 5.65. The molecule has 30 heavy (non-hydrogen) atoms. The van der Waals surface area contributed by atoms with Crippen LogP contribution in [-0.4, -0.2) is 31.3 Å². The minimum absolute atomic E-state index is 0.210. The molecule has 0 bridgehead atoms. The van der Waals surface area contributed by atoms with Crippen LogP contribution < -0.4 is 0 Å². The van der Waals surface area contributed by atoms with E-state index in [0.29, 0.717) is 5.57 Å². The third-order valence-corrected chi connectivity index (χ3v) is 7.13. The second-order valence-electron chi connectivity index (χ2n) is 8.61. The Morgan fingerprint density at radius 2 is 1.63 bits per heavy atom. The average molecular weight is 428 g/mol. The molecular weight excluding hydrogens is 398 g/mol. The number of ether oxygens (including phenoxy) is 1. The molecule has 2 atom stereocenters. The standard InChI is InChI=1S/C24H29NO4S/c1-6-29-23(26)20-16-21(24(3,4)5)25(22(20)18-10-8-7-9-11-18)30(27,28)19-14-12-17(2)13-15-19/h7-16,21-22H,6H2,1-5H3/t21-,22-/m1/s1. The van der Waals surface area contributed by atoms with Crippen LogP contribution in [0.5, 0.6) is 0 Å². The van der Waals surface area contributed by atoms with Gasteiger partial charge in [-0.25, -0.2) is 13.2 Å². The summed E-state index contributed by atoms with van der Waals surface area (Å²) in [6.45, 7) is 9.80. The van der Waals surface area contributed by atoms with Gasteiger partial charge in [0.15, 0.2) is 0 Å². The first-order valence-corrected chi connectivity index (χ1v) is 11.6. The first-order valence-electron chi connectivity index (χ1n) is 10.1. The molecule has 0 N–H and O–H groups in total. The van der Waals surface area contributed by atoms with Gasteiger partial charge in [0.2, 0.25) is 10.0 Å². The number of benzene rings is 2. The van der Waals surface area contributed by atoms with Crippen LogP contribution in [0.3, 0.4) is 0 Å². The van der Waals surface area contributed by atoms with E-state index in [2.05, 4.69) is 0 Å². The predicted molar refractivity (Wildman–Crippen MR) is 117 cm³/mol. The molecule has 6 heteroatoms. The quantitative estimate of drug-likeness (QED) is 0.652. The highest BCUT2D eigenvalue weighted by molar-refractivity contribution is 7.89. The molecular formula is C24H29NO4S. The van der Waals surface area contributed by atoms with Gasteiger partial charge in [0.1, 0.15) is 0 Å². The van der Waals surface area contributed by atoms with Gasteiger partial charge < -0.3 is 4.74 Å². The van der Waals surface area contributed by atoms with Crippen molar-refractivity contribution in [3.63, 3.8) is 0 Å². The summed E-state index contributed by atoms with van der Waals surface area (Å²) in [5.74, 6) is -0.484. The molecule has 0 unspecified atom stereocenters. The normalized spacial score (nSPS) is 20.1. The van der Waals surface area contributed by atoms with Crippen molar-refractivity contribution >= 4 is 16.0 Å². The van der Waals surface area contributed by atoms with Crippen LogP contribution in [0.1, 0.15) is 44.9 Å². The van der Waals surface area contributed by atoms with Crippen molar-refractivity contribution in [2.24, 2.45) is 5.41 Å². The maximum atomic E-state index is 13.9. The van der Waals surface area contributed by atoms with E-state index in [1.54, 1.807) is 37.3 Å². The zero-order valence-corrected chi connectivity index (χ0v) is 18.9. The molecule has 0 saturated heterocycles. The minimum atomic E-state index is -3.89. The fourth-order valence-electron chi connectivity index (χ4n) is 3.74. The highest BCUT2D eigenvalue weighted by atomic mass is 32.2. The number of carbonyl (C=O) groups excluding carboxylic acids is 1. The van der Waals surface area contributed by atoms with Gasteiger partial charge in [-0.15, -0.1) is 0 Å². The maximum Gasteiger partial charge on any atom is 0.335 e. The lowest BCUT2D eigenvalue weighted by atomic mass is 9.87. The Morgan fingerprint density at radius 1 is 1.03 bits per heavy atom. The lowest BCUT2D eigenvalue weighted by molar-refractivity contribution is -0.138. The number of nitrogens with zero attached hydrogens (tertiary/aromatic N) is 1. The number of sulfonamides is 1. The summed E-state index contributed by atoms with van der Waals surface area (Å²) >= 11 is 0. The molecule has 160 valence electrons. The summed E-state index contributed by atoms with van der Waals surface area (Å²) in [4.78, 5) is 13.1. The van der Waals surface area contributed by atoms with Crippen LogP contribution in [-0.2, 0) is 19.6 Å². The Labute approximate surface area is 179 Å². The third-order valence-electron chi connectivity index (χ3n) is 5.27. The zero-order chi connectivity index (χ0) is 22.1. The van der Waals surface area contributed by atoms with Crippen LogP contribution >= 0.6 is 0 Å². The van der Waals surface area contributed by atoms with Gasteiger partial charge in [0, 0.05) is 6.04 Å². The summed E-state index contributed by atoms with van der Waals surface area (Å²) in [5.41, 5.74) is 1.64. The number of aryl methyl sites for hydroxylation is 1. The topological polar surface area (TPSA) is 63.7 Å². The summed E-state index contributed by atoms with van der Waals surface area (Å²) in [5, 5.41) is 0. The fraction of sp³-hybridized carbons (Fsp3) is 0.375. The first kappa shape index (κ1) is 22.2. The molecule has 0 aliphatic carbocycles. The zero-order valence-electron chi connectivity index (χ0n) is 18.1. The smallest absolute Gasteiger partial charge is 0.335 e. The molecule has 5 nitrogen and oxygen atoms in total. The Hall–Kier alpha value is -2.44. The lowest BCUT2D eigenvalue weighted by Gasteiger charge is -2.37. The Bertz CT molecular complexity index is 1030. The second kappa shape index (κ2) is 8.36. The van der Waals surface area contributed by atoms with E-state index in [9.17, 15) is 13.2 Å². The molecule has 1 heterocycles. The van der Waals surface area contributed by atoms with Crippen LogP contribution in [0.4, 0.5) is 0 Å². The molecule has 0 saturated carbocycles. The van der Waals surface area contributed by atoms with E-state index in [4.69, 9.17) is 4.74 Å². The predicted octanol–water partition coefficient (Wildman–Crippen LogP) is 4.64. The third kappa shape index (κ3) is 4.20. The van der Waals surface area contributed by atoms with E-state index in [1.165, 1.54) is 4.31 Å². The van der Waals surface area contributed by atoms with Crippen molar-refractivity contribution in [1.29, 1.82) is 0 Å². The van der Waals surface area contributed by atoms with Gasteiger partial charge in [0.25, 0.3) is 0 Å². The van der Waals surface area contributed by atoms with E-state index in [-0.39, 0.29) is 11.5 Å². The number of carbonyl (C=O) groups is 1. The van der Waals surface area contributed by atoms with E-state index >= 15 is 0 Å². The highest BCUT2D eigenvalue weighted by Crippen LogP contribution is 2.46. The number of esters is 1.